The Labute approximate surface area is 145 Å². The summed E-state index contributed by atoms with van der Waals surface area (Å²) in [6.45, 7) is 6.41. The predicted octanol–water partition coefficient (Wildman–Crippen LogP) is 3.92. The van der Waals surface area contributed by atoms with Gasteiger partial charge < -0.3 is 14.4 Å². The van der Waals surface area contributed by atoms with Crippen LogP contribution in [0.1, 0.15) is 38.0 Å². The number of hydrogen-bond donors (Lipinski definition) is 0. The Bertz CT molecular complexity index is 581. The van der Waals surface area contributed by atoms with Crippen LogP contribution in [0.4, 0.5) is 4.79 Å². The first-order valence-corrected chi connectivity index (χ1v) is 8.71. The number of methoxy groups -OCH3 is 1. The van der Waals surface area contributed by atoms with Gasteiger partial charge in [-0.1, -0.05) is 11.6 Å². The van der Waals surface area contributed by atoms with Crippen LogP contribution >= 0.6 is 22.9 Å². The zero-order valence-electron chi connectivity index (χ0n) is 13.8. The number of nitrogens with zero attached hydrogens (tertiary/aromatic N) is 1. The molecule has 1 aromatic rings. The Hall–Kier alpha value is -1.27. The molecule has 2 rings (SSSR count). The number of thiophene rings is 1. The Morgan fingerprint density at radius 1 is 1.35 bits per heavy atom. The third-order valence-corrected chi connectivity index (χ3v) is 5.09. The van der Waals surface area contributed by atoms with Crippen molar-refractivity contribution in [3.05, 3.63) is 21.3 Å². The molecule has 0 aromatic carbocycles. The van der Waals surface area contributed by atoms with Crippen LogP contribution in [-0.4, -0.2) is 42.8 Å². The first kappa shape index (κ1) is 18.1. The first-order chi connectivity index (χ1) is 10.7. The van der Waals surface area contributed by atoms with E-state index >= 15 is 0 Å². The minimum absolute atomic E-state index is 0.124. The van der Waals surface area contributed by atoms with Crippen LogP contribution < -0.4 is 0 Å². The van der Waals surface area contributed by atoms with Gasteiger partial charge in [0.1, 0.15) is 5.60 Å². The van der Waals surface area contributed by atoms with Gasteiger partial charge in [0.25, 0.3) is 0 Å². The minimum Gasteiger partial charge on any atom is -0.469 e. The second-order valence-electron chi connectivity index (χ2n) is 6.59. The fourth-order valence-electron chi connectivity index (χ4n) is 2.69. The number of piperidine rings is 1. The lowest BCUT2D eigenvalue weighted by atomic mass is 9.84. The molecule has 0 saturated carbocycles. The Balaban J connectivity index is 2.18. The number of carbonyl (C=O) groups is 2. The van der Waals surface area contributed by atoms with Crippen molar-refractivity contribution in [2.45, 2.75) is 38.7 Å². The summed E-state index contributed by atoms with van der Waals surface area (Å²) in [5.41, 5.74) is -0.544. The lowest BCUT2D eigenvalue weighted by Gasteiger charge is -2.37. The molecule has 2 heterocycles. The van der Waals surface area contributed by atoms with Crippen molar-refractivity contribution in [2.75, 3.05) is 20.2 Å². The van der Waals surface area contributed by atoms with Gasteiger partial charge in [0.05, 0.1) is 17.4 Å². The molecular weight excluding hydrogens is 338 g/mol. The van der Waals surface area contributed by atoms with Crippen molar-refractivity contribution in [1.82, 2.24) is 4.90 Å². The molecule has 7 heteroatoms. The summed E-state index contributed by atoms with van der Waals surface area (Å²) in [5, 5.41) is 0. The number of hydrogen-bond acceptors (Lipinski definition) is 5. The molecule has 0 spiro atoms. The smallest absolute Gasteiger partial charge is 0.410 e. The number of esters is 1. The lowest BCUT2D eigenvalue weighted by Crippen LogP contribution is -2.46. The van der Waals surface area contributed by atoms with Crippen LogP contribution in [0.2, 0.25) is 4.34 Å². The largest absolute Gasteiger partial charge is 0.469 e. The molecule has 5 nitrogen and oxygen atoms in total. The van der Waals surface area contributed by atoms with E-state index in [0.717, 1.165) is 4.88 Å². The maximum absolute atomic E-state index is 12.3. The van der Waals surface area contributed by atoms with Gasteiger partial charge in [0.15, 0.2) is 0 Å². The van der Waals surface area contributed by atoms with Gasteiger partial charge in [0, 0.05) is 23.9 Å². The SMILES string of the molecule is COC(=O)C1CCN(C(=O)OC(C)(C)C)CC1c1ccc(Cl)s1. The molecule has 0 bridgehead atoms. The Morgan fingerprint density at radius 3 is 2.57 bits per heavy atom. The molecule has 1 fully saturated rings. The molecule has 1 amide bonds. The fraction of sp³-hybridized carbons (Fsp3) is 0.625. The minimum atomic E-state index is -0.544. The summed E-state index contributed by atoms with van der Waals surface area (Å²) in [6, 6.07) is 3.72. The highest BCUT2D eigenvalue weighted by atomic mass is 35.5. The van der Waals surface area contributed by atoms with Crippen molar-refractivity contribution in [3.8, 4) is 0 Å². The van der Waals surface area contributed by atoms with Crippen molar-refractivity contribution in [2.24, 2.45) is 5.92 Å². The molecule has 0 aliphatic carbocycles. The topological polar surface area (TPSA) is 55.8 Å². The molecule has 1 saturated heterocycles. The standard InChI is InChI=1S/C16H22ClNO4S/c1-16(2,3)22-15(20)18-8-7-10(14(19)21-4)11(9-18)12-5-6-13(17)23-12/h5-6,10-11H,7-9H2,1-4H3. The van der Waals surface area contributed by atoms with E-state index in [0.29, 0.717) is 23.8 Å². The second kappa shape index (κ2) is 7.09. The van der Waals surface area contributed by atoms with Crippen molar-refractivity contribution >= 4 is 35.0 Å². The Kier molecular flexibility index (Phi) is 5.57. The number of likely N-dealkylation sites (tertiary alicyclic amines) is 1. The average molecular weight is 360 g/mol. The first-order valence-electron chi connectivity index (χ1n) is 7.52. The van der Waals surface area contributed by atoms with E-state index in [1.807, 2.05) is 32.9 Å². The number of halogens is 1. The van der Waals surface area contributed by atoms with Crippen molar-refractivity contribution in [1.29, 1.82) is 0 Å². The quantitative estimate of drug-likeness (QED) is 0.751. The highest BCUT2D eigenvalue weighted by Crippen LogP contribution is 2.38. The predicted molar refractivity (Wildman–Crippen MR) is 90.0 cm³/mol. The van der Waals surface area contributed by atoms with Crippen LogP contribution in [0.5, 0.6) is 0 Å². The van der Waals surface area contributed by atoms with Crippen molar-refractivity contribution in [3.63, 3.8) is 0 Å². The highest BCUT2D eigenvalue weighted by molar-refractivity contribution is 7.16. The summed E-state index contributed by atoms with van der Waals surface area (Å²) in [6.07, 6.45) is 0.194. The number of ether oxygens (including phenoxy) is 2. The zero-order chi connectivity index (χ0) is 17.2. The van der Waals surface area contributed by atoms with E-state index < -0.39 is 5.60 Å². The van der Waals surface area contributed by atoms with E-state index in [9.17, 15) is 9.59 Å². The number of carbonyl (C=O) groups excluding carboxylic acids is 2. The molecule has 1 aromatic heterocycles. The number of rotatable bonds is 2. The summed E-state index contributed by atoms with van der Waals surface area (Å²) in [5.74, 6) is -0.641. The highest BCUT2D eigenvalue weighted by Gasteiger charge is 2.39. The molecular formula is C16H22ClNO4S. The van der Waals surface area contributed by atoms with Crippen LogP contribution in [0.25, 0.3) is 0 Å². The van der Waals surface area contributed by atoms with E-state index in [1.54, 1.807) is 4.90 Å². The van der Waals surface area contributed by atoms with Crippen LogP contribution in [0.15, 0.2) is 12.1 Å². The molecule has 128 valence electrons. The maximum atomic E-state index is 12.3. The van der Waals surface area contributed by atoms with E-state index in [-0.39, 0.29) is 23.9 Å². The summed E-state index contributed by atoms with van der Waals surface area (Å²) < 4.78 is 11.0. The van der Waals surface area contributed by atoms with E-state index in [4.69, 9.17) is 21.1 Å². The number of amides is 1. The molecule has 1 aliphatic rings. The summed E-state index contributed by atoms with van der Waals surface area (Å²) in [4.78, 5) is 27.0. The molecule has 23 heavy (non-hydrogen) atoms. The third kappa shape index (κ3) is 4.61. The molecule has 0 radical (unpaired) electrons. The van der Waals surface area contributed by atoms with Gasteiger partial charge in [-0.15, -0.1) is 11.3 Å². The summed E-state index contributed by atoms with van der Waals surface area (Å²) >= 11 is 7.46. The van der Waals surface area contributed by atoms with Crippen LogP contribution in [0, 0.1) is 5.92 Å². The van der Waals surface area contributed by atoms with Crippen LogP contribution in [0.3, 0.4) is 0 Å². The van der Waals surface area contributed by atoms with E-state index in [1.165, 1.54) is 18.4 Å². The van der Waals surface area contributed by atoms with Gasteiger partial charge in [0.2, 0.25) is 0 Å². The van der Waals surface area contributed by atoms with Crippen LogP contribution in [-0.2, 0) is 14.3 Å². The van der Waals surface area contributed by atoms with E-state index in [2.05, 4.69) is 0 Å². The monoisotopic (exact) mass is 359 g/mol. The third-order valence-electron chi connectivity index (χ3n) is 3.73. The average Bonchev–Trinajstić information content (AvgIpc) is 2.90. The normalized spacial score (nSPS) is 21.9. The van der Waals surface area contributed by atoms with Gasteiger partial charge in [-0.05, 0) is 39.3 Å². The molecule has 2 unspecified atom stereocenters. The zero-order valence-corrected chi connectivity index (χ0v) is 15.4. The van der Waals surface area contributed by atoms with Gasteiger partial charge >= 0.3 is 12.1 Å². The van der Waals surface area contributed by atoms with Gasteiger partial charge in [-0.2, -0.15) is 0 Å². The maximum Gasteiger partial charge on any atom is 0.410 e. The molecule has 2 atom stereocenters. The van der Waals surface area contributed by atoms with Gasteiger partial charge in [-0.25, -0.2) is 4.79 Å². The lowest BCUT2D eigenvalue weighted by molar-refractivity contribution is -0.147. The molecule has 0 N–H and O–H groups in total. The second-order valence-corrected chi connectivity index (χ2v) is 8.34. The Morgan fingerprint density at radius 2 is 2.04 bits per heavy atom. The van der Waals surface area contributed by atoms with Gasteiger partial charge in [-0.3, -0.25) is 4.79 Å². The van der Waals surface area contributed by atoms with Crippen molar-refractivity contribution < 1.29 is 19.1 Å². The summed E-state index contributed by atoms with van der Waals surface area (Å²) in [7, 11) is 1.39. The molecule has 1 aliphatic heterocycles. The fourth-order valence-corrected chi connectivity index (χ4v) is 3.91.